The van der Waals surface area contributed by atoms with Crippen molar-refractivity contribution in [3.63, 3.8) is 0 Å². The number of alkyl halides is 2. The number of carbonyl (C=O) groups is 1. The van der Waals surface area contributed by atoms with E-state index in [9.17, 15) is 22.0 Å². The molecule has 0 spiro atoms. The number of methoxy groups -OCH3 is 1. The van der Waals surface area contributed by atoms with Crippen LogP contribution in [0.15, 0.2) is 47.4 Å². The number of hydrogen-bond acceptors (Lipinski definition) is 5. The van der Waals surface area contributed by atoms with Crippen LogP contribution in [0.5, 0.6) is 11.5 Å². The van der Waals surface area contributed by atoms with E-state index in [4.69, 9.17) is 9.88 Å². The van der Waals surface area contributed by atoms with E-state index < -0.39 is 22.7 Å². The summed E-state index contributed by atoms with van der Waals surface area (Å²) in [6, 6.07) is 9.65. The Morgan fingerprint density at radius 1 is 1.17 bits per heavy atom. The smallest absolute Gasteiger partial charge is 0.387 e. The largest absolute Gasteiger partial charge is 0.493 e. The minimum atomic E-state index is -3.81. The summed E-state index contributed by atoms with van der Waals surface area (Å²) in [4.78, 5) is 13.3. The van der Waals surface area contributed by atoms with Gasteiger partial charge in [-0.25, -0.2) is 13.6 Å². The van der Waals surface area contributed by atoms with Gasteiger partial charge in [-0.1, -0.05) is 0 Å². The van der Waals surface area contributed by atoms with E-state index in [1.807, 2.05) is 7.05 Å². The number of halogens is 2. The van der Waals surface area contributed by atoms with Crippen LogP contribution in [0, 0.1) is 0 Å². The zero-order chi connectivity index (χ0) is 22.5. The van der Waals surface area contributed by atoms with E-state index in [2.05, 4.69) is 10.1 Å². The number of ether oxygens (including phenoxy) is 2. The summed E-state index contributed by atoms with van der Waals surface area (Å²) in [5.41, 5.74) is 1.20. The van der Waals surface area contributed by atoms with E-state index in [1.165, 1.54) is 37.4 Å². The number of likely N-dealkylation sites (N-methyl/N-ethyl adjacent to an activating group) is 1. The zero-order valence-electron chi connectivity index (χ0n) is 16.7. The first-order valence-corrected chi connectivity index (χ1v) is 10.4. The third-order valence-electron chi connectivity index (χ3n) is 4.51. The molecular formula is C19H24F2N3O5S+. The maximum Gasteiger partial charge on any atom is 0.387 e. The molecule has 0 fully saturated rings. The number of carbonyl (C=O) groups excluding carboxylic acids is 1. The fraction of sp³-hybridized carbons (Fsp3) is 0.316. The highest BCUT2D eigenvalue weighted by atomic mass is 32.2. The van der Waals surface area contributed by atoms with Crippen LogP contribution in [0.4, 0.5) is 14.5 Å². The maximum atomic E-state index is 12.5. The van der Waals surface area contributed by atoms with E-state index in [0.29, 0.717) is 12.2 Å². The van der Waals surface area contributed by atoms with Crippen molar-refractivity contribution in [3.8, 4) is 11.5 Å². The van der Waals surface area contributed by atoms with Gasteiger partial charge in [-0.15, -0.1) is 0 Å². The summed E-state index contributed by atoms with van der Waals surface area (Å²) in [5.74, 6) is -0.171. The molecule has 1 amide bonds. The van der Waals surface area contributed by atoms with Crippen LogP contribution in [-0.2, 0) is 21.4 Å². The predicted molar refractivity (Wildman–Crippen MR) is 106 cm³/mol. The summed E-state index contributed by atoms with van der Waals surface area (Å²) in [6.45, 7) is -0.806. The third-order valence-corrected chi connectivity index (χ3v) is 5.44. The van der Waals surface area contributed by atoms with Crippen molar-refractivity contribution in [3.05, 3.63) is 48.0 Å². The molecule has 0 heterocycles. The summed E-state index contributed by atoms with van der Waals surface area (Å²) in [7, 11) is -0.643. The Labute approximate surface area is 173 Å². The fourth-order valence-corrected chi connectivity index (χ4v) is 3.21. The molecule has 2 aromatic carbocycles. The number of hydrogen-bond donors (Lipinski definition) is 3. The number of amides is 1. The number of nitrogens with one attached hydrogen (secondary N) is 2. The van der Waals surface area contributed by atoms with Crippen LogP contribution in [0.25, 0.3) is 0 Å². The van der Waals surface area contributed by atoms with Crippen molar-refractivity contribution in [2.75, 3.05) is 19.5 Å². The molecule has 4 N–H and O–H groups in total. The first-order valence-electron chi connectivity index (χ1n) is 8.89. The van der Waals surface area contributed by atoms with E-state index in [0.717, 1.165) is 10.5 Å². The fourth-order valence-electron chi connectivity index (χ4n) is 2.69. The molecule has 164 valence electrons. The van der Waals surface area contributed by atoms with Gasteiger partial charge in [0.25, 0.3) is 5.91 Å². The highest BCUT2D eigenvalue weighted by Crippen LogP contribution is 2.29. The number of nitrogens with two attached hydrogens (primary N) is 1. The lowest BCUT2D eigenvalue weighted by atomic mass is 10.1. The van der Waals surface area contributed by atoms with Crippen molar-refractivity contribution >= 4 is 21.6 Å². The number of benzene rings is 2. The minimum absolute atomic E-state index is 0.0514. The molecule has 0 aliphatic heterocycles. The van der Waals surface area contributed by atoms with Gasteiger partial charge in [0, 0.05) is 11.3 Å². The summed E-state index contributed by atoms with van der Waals surface area (Å²) in [6.07, 6.45) is 0. The number of primary sulfonamides is 1. The Morgan fingerprint density at radius 3 is 2.33 bits per heavy atom. The van der Waals surface area contributed by atoms with Gasteiger partial charge in [0.15, 0.2) is 17.5 Å². The Morgan fingerprint density at radius 2 is 1.80 bits per heavy atom. The lowest BCUT2D eigenvalue weighted by molar-refractivity contribution is -0.907. The van der Waals surface area contributed by atoms with Gasteiger partial charge in [-0.3, -0.25) is 4.79 Å². The van der Waals surface area contributed by atoms with Crippen molar-refractivity contribution < 1.29 is 36.4 Å². The summed E-state index contributed by atoms with van der Waals surface area (Å²) in [5, 5.41) is 7.77. The maximum absolute atomic E-state index is 12.5. The first-order chi connectivity index (χ1) is 14.0. The molecule has 2 rings (SSSR count). The summed E-state index contributed by atoms with van der Waals surface area (Å²) < 4.78 is 57.0. The van der Waals surface area contributed by atoms with Crippen molar-refractivity contribution in [2.45, 2.75) is 31.0 Å². The molecule has 0 saturated heterocycles. The van der Waals surface area contributed by atoms with Gasteiger partial charge in [-0.05, 0) is 49.4 Å². The minimum Gasteiger partial charge on any atom is -0.493 e. The highest BCUT2D eigenvalue weighted by molar-refractivity contribution is 7.89. The molecule has 0 aromatic heterocycles. The zero-order valence-corrected chi connectivity index (χ0v) is 17.5. The normalized spacial score (nSPS) is 13.6. The van der Waals surface area contributed by atoms with Crippen LogP contribution in [0.2, 0.25) is 0 Å². The number of sulfonamides is 1. The Balaban J connectivity index is 2.02. The van der Waals surface area contributed by atoms with E-state index in [-0.39, 0.29) is 22.3 Å². The van der Waals surface area contributed by atoms with Crippen molar-refractivity contribution in [1.29, 1.82) is 0 Å². The molecule has 0 bridgehead atoms. The Bertz CT molecular complexity index is 984. The lowest BCUT2D eigenvalue weighted by Gasteiger charge is -2.21. The monoisotopic (exact) mass is 444 g/mol. The van der Waals surface area contributed by atoms with Gasteiger partial charge in [0.2, 0.25) is 10.0 Å². The van der Waals surface area contributed by atoms with Gasteiger partial charge in [-0.2, -0.15) is 8.78 Å². The SMILES string of the molecule is COc1cc(C[NH+](C)[C@H](C)C(=O)Nc2ccc(S(N)(=O)=O)cc2)ccc1OC(F)F. The molecule has 2 atom stereocenters. The molecule has 0 radical (unpaired) electrons. The molecule has 2 aromatic rings. The average molecular weight is 444 g/mol. The first kappa shape index (κ1) is 23.5. The molecule has 11 heteroatoms. The Kier molecular flexibility index (Phi) is 7.71. The standard InChI is InChI=1S/C19H23F2N3O5S/c1-12(18(25)23-14-5-7-15(8-6-14)30(22,26)27)24(2)11-13-4-9-16(29-19(20)21)17(10-13)28-3/h4-10,12,19H,11H2,1-3H3,(H,23,25)(H2,22,26,27)/p+1/t12-/m1/s1. The quantitative estimate of drug-likeness (QED) is 0.534. The van der Waals surface area contributed by atoms with Crippen molar-refractivity contribution in [1.82, 2.24) is 0 Å². The summed E-state index contributed by atoms with van der Waals surface area (Å²) >= 11 is 0. The molecule has 0 aliphatic carbocycles. The number of quaternary nitrogens is 1. The van der Waals surface area contributed by atoms with Crippen LogP contribution < -0.4 is 24.8 Å². The molecule has 0 saturated carbocycles. The predicted octanol–water partition coefficient (Wildman–Crippen LogP) is 0.986. The molecule has 30 heavy (non-hydrogen) atoms. The van der Waals surface area contributed by atoms with Gasteiger partial charge in [0.05, 0.1) is 19.1 Å². The van der Waals surface area contributed by atoms with E-state index >= 15 is 0 Å². The average Bonchev–Trinajstić information content (AvgIpc) is 2.67. The van der Waals surface area contributed by atoms with Crippen LogP contribution in [0.1, 0.15) is 12.5 Å². The van der Waals surface area contributed by atoms with Crippen molar-refractivity contribution in [2.24, 2.45) is 5.14 Å². The number of rotatable bonds is 9. The van der Waals surface area contributed by atoms with Crippen LogP contribution >= 0.6 is 0 Å². The van der Waals surface area contributed by atoms with Gasteiger partial charge in [0.1, 0.15) is 6.54 Å². The van der Waals surface area contributed by atoms with Gasteiger partial charge >= 0.3 is 6.61 Å². The lowest BCUT2D eigenvalue weighted by Crippen LogP contribution is -3.12. The van der Waals surface area contributed by atoms with Crippen LogP contribution in [-0.4, -0.2) is 41.1 Å². The molecule has 0 aliphatic rings. The second-order valence-corrected chi connectivity index (χ2v) is 8.23. The second kappa shape index (κ2) is 9.83. The van der Waals surface area contributed by atoms with Gasteiger partial charge < -0.3 is 19.7 Å². The Hall–Kier alpha value is -2.76. The molecule has 8 nitrogen and oxygen atoms in total. The molecular weight excluding hydrogens is 420 g/mol. The number of anilines is 1. The molecule has 1 unspecified atom stereocenters. The topological polar surface area (TPSA) is 112 Å². The van der Waals surface area contributed by atoms with E-state index in [1.54, 1.807) is 19.1 Å². The van der Waals surface area contributed by atoms with Crippen LogP contribution in [0.3, 0.4) is 0 Å². The third kappa shape index (κ3) is 6.37. The second-order valence-electron chi connectivity index (χ2n) is 6.67. The highest BCUT2D eigenvalue weighted by Gasteiger charge is 2.23.